The van der Waals surface area contributed by atoms with Crippen LogP contribution >= 0.6 is 31.9 Å². The predicted octanol–water partition coefficient (Wildman–Crippen LogP) is 7.04. The zero-order valence-electron chi connectivity index (χ0n) is 12.7. The highest BCUT2D eigenvalue weighted by molar-refractivity contribution is 9.13. The summed E-state index contributed by atoms with van der Waals surface area (Å²) >= 11 is 7.07. The predicted molar refractivity (Wildman–Crippen MR) is 94.7 cm³/mol. The molecule has 0 aliphatic rings. The van der Waals surface area contributed by atoms with Gasteiger partial charge in [0.2, 0.25) is 0 Å². The largest absolute Gasteiger partial charge is 0.493 e. The van der Waals surface area contributed by atoms with E-state index in [1.54, 1.807) is 0 Å². The zero-order valence-corrected chi connectivity index (χ0v) is 15.9. The Morgan fingerprint density at radius 1 is 0.900 bits per heavy atom. The van der Waals surface area contributed by atoms with Crippen molar-refractivity contribution in [3.8, 4) is 5.75 Å². The van der Waals surface area contributed by atoms with E-state index in [0.29, 0.717) is 0 Å². The lowest BCUT2D eigenvalue weighted by molar-refractivity contribution is 0.302. The summed E-state index contributed by atoms with van der Waals surface area (Å²) in [4.78, 5) is 0. The molecule has 3 heteroatoms. The summed E-state index contributed by atoms with van der Waals surface area (Å²) in [7, 11) is 0. The van der Waals surface area contributed by atoms with Gasteiger partial charge in [0.15, 0.2) is 0 Å². The maximum atomic E-state index is 5.87. The van der Waals surface area contributed by atoms with Crippen LogP contribution in [0, 0.1) is 6.92 Å². The second kappa shape index (κ2) is 10.7. The van der Waals surface area contributed by atoms with Crippen molar-refractivity contribution in [3.63, 3.8) is 0 Å². The molecular formula is C17H26Br2O. The fourth-order valence-electron chi connectivity index (χ4n) is 2.21. The van der Waals surface area contributed by atoms with Gasteiger partial charge < -0.3 is 4.74 Å². The SMILES string of the molecule is CCCCCCCCCCOc1ccc(Br)c(Br)c1C. The summed E-state index contributed by atoms with van der Waals surface area (Å²) in [6, 6.07) is 4.06. The third kappa shape index (κ3) is 6.62. The minimum Gasteiger partial charge on any atom is -0.493 e. The van der Waals surface area contributed by atoms with Crippen LogP contribution in [0.1, 0.15) is 63.9 Å². The second-order valence-corrected chi connectivity index (χ2v) is 6.96. The molecule has 0 spiro atoms. The Balaban J connectivity index is 2.11. The fraction of sp³-hybridized carbons (Fsp3) is 0.647. The smallest absolute Gasteiger partial charge is 0.123 e. The minimum absolute atomic E-state index is 0.823. The Morgan fingerprint density at radius 2 is 1.50 bits per heavy atom. The standard InChI is InChI=1S/C17H26Br2O/c1-3-4-5-6-7-8-9-10-13-20-16-12-11-15(18)17(19)14(16)2/h11-12H,3-10,13H2,1-2H3. The van der Waals surface area contributed by atoms with Crippen molar-refractivity contribution in [2.45, 2.75) is 65.2 Å². The summed E-state index contributed by atoms with van der Waals surface area (Å²) in [5.74, 6) is 0.989. The normalized spacial score (nSPS) is 10.8. The van der Waals surface area contributed by atoms with E-state index >= 15 is 0 Å². The van der Waals surface area contributed by atoms with Gasteiger partial charge in [-0.1, -0.05) is 51.9 Å². The van der Waals surface area contributed by atoms with Crippen molar-refractivity contribution in [3.05, 3.63) is 26.6 Å². The quantitative estimate of drug-likeness (QED) is 0.379. The van der Waals surface area contributed by atoms with E-state index < -0.39 is 0 Å². The molecule has 0 heterocycles. The van der Waals surface area contributed by atoms with E-state index in [4.69, 9.17) is 4.74 Å². The van der Waals surface area contributed by atoms with Crippen LogP contribution in [0.25, 0.3) is 0 Å². The molecule has 0 amide bonds. The minimum atomic E-state index is 0.823. The lowest BCUT2D eigenvalue weighted by atomic mass is 10.1. The van der Waals surface area contributed by atoms with Gasteiger partial charge in [0.05, 0.1) is 6.61 Å². The van der Waals surface area contributed by atoms with Crippen LogP contribution in [-0.2, 0) is 0 Å². The molecule has 0 unspecified atom stereocenters. The summed E-state index contributed by atoms with van der Waals surface area (Å²) in [6.07, 6.45) is 10.7. The average molecular weight is 406 g/mol. The summed E-state index contributed by atoms with van der Waals surface area (Å²) in [5.41, 5.74) is 1.17. The van der Waals surface area contributed by atoms with Crippen LogP contribution in [0.3, 0.4) is 0 Å². The maximum absolute atomic E-state index is 5.87. The van der Waals surface area contributed by atoms with E-state index in [2.05, 4.69) is 45.7 Å². The van der Waals surface area contributed by atoms with Crippen LogP contribution in [0.5, 0.6) is 5.75 Å². The van der Waals surface area contributed by atoms with Gasteiger partial charge in [-0.05, 0) is 57.3 Å². The van der Waals surface area contributed by atoms with Gasteiger partial charge in [-0.25, -0.2) is 0 Å². The number of benzene rings is 1. The maximum Gasteiger partial charge on any atom is 0.123 e. The lowest BCUT2D eigenvalue weighted by Gasteiger charge is -2.11. The van der Waals surface area contributed by atoms with Gasteiger partial charge in [0.1, 0.15) is 5.75 Å². The molecule has 1 nitrogen and oxygen atoms in total. The van der Waals surface area contributed by atoms with Crippen molar-refractivity contribution >= 4 is 31.9 Å². The van der Waals surface area contributed by atoms with Crippen molar-refractivity contribution < 1.29 is 4.74 Å². The average Bonchev–Trinajstić information content (AvgIpc) is 2.45. The first-order chi connectivity index (χ1) is 9.66. The molecule has 0 saturated carbocycles. The first-order valence-electron chi connectivity index (χ1n) is 7.74. The molecule has 1 aromatic carbocycles. The number of hydrogen-bond donors (Lipinski definition) is 0. The van der Waals surface area contributed by atoms with Gasteiger partial charge in [0, 0.05) is 14.5 Å². The van der Waals surface area contributed by atoms with Gasteiger partial charge in [-0.2, -0.15) is 0 Å². The van der Waals surface area contributed by atoms with Gasteiger partial charge in [-0.15, -0.1) is 0 Å². The highest BCUT2D eigenvalue weighted by Crippen LogP contribution is 2.32. The molecule has 0 bridgehead atoms. The molecule has 114 valence electrons. The number of hydrogen-bond acceptors (Lipinski definition) is 1. The highest BCUT2D eigenvalue weighted by Gasteiger charge is 2.06. The summed E-state index contributed by atoms with van der Waals surface area (Å²) in [5, 5.41) is 0. The number of halogens is 2. The molecule has 0 aromatic heterocycles. The molecule has 0 radical (unpaired) electrons. The van der Waals surface area contributed by atoms with Crippen molar-refractivity contribution in [2.75, 3.05) is 6.61 Å². The van der Waals surface area contributed by atoms with Crippen LogP contribution in [-0.4, -0.2) is 6.61 Å². The number of ether oxygens (including phenoxy) is 1. The Bertz CT molecular complexity index is 391. The van der Waals surface area contributed by atoms with Crippen LogP contribution in [0.2, 0.25) is 0 Å². The molecule has 0 N–H and O–H groups in total. The summed E-state index contributed by atoms with van der Waals surface area (Å²) in [6.45, 7) is 5.17. The Hall–Kier alpha value is -0.0200. The van der Waals surface area contributed by atoms with E-state index in [-0.39, 0.29) is 0 Å². The van der Waals surface area contributed by atoms with Crippen LogP contribution in [0.15, 0.2) is 21.1 Å². The van der Waals surface area contributed by atoms with Crippen molar-refractivity contribution in [1.82, 2.24) is 0 Å². The molecule has 0 atom stereocenters. The molecule has 0 aliphatic carbocycles. The molecule has 0 aliphatic heterocycles. The fourth-order valence-corrected chi connectivity index (χ4v) is 2.97. The van der Waals surface area contributed by atoms with Gasteiger partial charge >= 0.3 is 0 Å². The number of rotatable bonds is 10. The van der Waals surface area contributed by atoms with E-state index in [1.165, 1.54) is 50.5 Å². The first-order valence-corrected chi connectivity index (χ1v) is 9.32. The third-order valence-electron chi connectivity index (χ3n) is 3.55. The highest BCUT2D eigenvalue weighted by atomic mass is 79.9. The van der Waals surface area contributed by atoms with E-state index in [0.717, 1.165) is 27.7 Å². The second-order valence-electron chi connectivity index (χ2n) is 5.31. The molecule has 0 fully saturated rings. The van der Waals surface area contributed by atoms with Crippen molar-refractivity contribution in [1.29, 1.82) is 0 Å². The number of unbranched alkanes of at least 4 members (excludes halogenated alkanes) is 7. The van der Waals surface area contributed by atoms with E-state index in [9.17, 15) is 0 Å². The topological polar surface area (TPSA) is 9.23 Å². The zero-order chi connectivity index (χ0) is 14.8. The van der Waals surface area contributed by atoms with Gasteiger partial charge in [0.25, 0.3) is 0 Å². The van der Waals surface area contributed by atoms with Crippen molar-refractivity contribution in [2.24, 2.45) is 0 Å². The molecule has 0 saturated heterocycles. The molecule has 1 aromatic rings. The Kier molecular flexibility index (Phi) is 9.62. The Labute approximate surface area is 140 Å². The Morgan fingerprint density at radius 3 is 2.15 bits per heavy atom. The summed E-state index contributed by atoms with van der Waals surface area (Å²) < 4.78 is 8.03. The molecular weight excluding hydrogens is 380 g/mol. The van der Waals surface area contributed by atoms with Crippen LogP contribution < -0.4 is 4.74 Å². The van der Waals surface area contributed by atoms with E-state index in [1.807, 2.05) is 12.1 Å². The lowest BCUT2D eigenvalue weighted by Crippen LogP contribution is -1.99. The molecule has 20 heavy (non-hydrogen) atoms. The third-order valence-corrected chi connectivity index (χ3v) is 5.76. The van der Waals surface area contributed by atoms with Gasteiger partial charge in [-0.3, -0.25) is 0 Å². The van der Waals surface area contributed by atoms with Crippen LogP contribution in [0.4, 0.5) is 0 Å². The first kappa shape index (κ1) is 18.0. The monoisotopic (exact) mass is 404 g/mol. The molecule has 1 rings (SSSR count).